The van der Waals surface area contributed by atoms with Gasteiger partial charge in [0.2, 0.25) is 0 Å². The second-order valence-corrected chi connectivity index (χ2v) is 28.6. The number of fused-ring (bicyclic) bond motifs is 7. The number of hydrogen-bond acceptors (Lipinski definition) is 4. The van der Waals surface area contributed by atoms with Crippen molar-refractivity contribution in [3.8, 4) is 11.1 Å². The maximum atomic E-state index is 7.15. The van der Waals surface area contributed by atoms with Crippen LogP contribution in [0.3, 0.4) is 0 Å². The topological polar surface area (TPSA) is 22.9 Å². The summed E-state index contributed by atoms with van der Waals surface area (Å²) in [4.78, 5) is 7.64. The van der Waals surface area contributed by atoms with E-state index in [0.29, 0.717) is 0 Å². The molecule has 2 aliphatic rings. The number of benzene rings is 9. The molecule has 0 saturated heterocycles. The SMILES string of the molecule is Cc1ccc(C)c(-c2cc3c4c(c2)N(c2cc(N(c5ccc(C(C)(C)C)cc5)c5ccc(C(C)(C)C)cc5)c5c(c2)oc2ccccc25)c2ccc(C(C)(C)C)cc2B4c2cc(C(C)(C)C)ccc2N3c2ccc(C(C)(C)C)cc2)c1. The highest BCUT2D eigenvalue weighted by Crippen LogP contribution is 2.52. The smallest absolute Gasteiger partial charge is 0.252 e. The number of anilines is 9. The maximum Gasteiger partial charge on any atom is 0.252 e. The minimum absolute atomic E-state index is 0.00290. The Morgan fingerprint density at radius 1 is 0.395 bits per heavy atom. The van der Waals surface area contributed by atoms with E-state index in [2.05, 4.69) is 308 Å². The average Bonchev–Trinajstić information content (AvgIpc) is 1.72. The van der Waals surface area contributed by atoms with E-state index < -0.39 is 0 Å². The van der Waals surface area contributed by atoms with Crippen molar-refractivity contribution in [3.05, 3.63) is 215 Å². The molecule has 5 heteroatoms. The fraction of sp³-hybridized carbons (Fsp3) is 0.289. The standard InChI is InChI=1S/C76H80BN3O/c1-47-22-23-48(2)60(40-47)49-41-66-71-67(42-49)80(64-39-31-54(76(15,16)17)44-62(64)77(71)61-43-53(75(12,13)14)30-38-63(61)79(66)57-36-28-52(29-37-57)74(9,10)11)58-45-65(70-59-20-18-19-21-68(59)81-69(70)46-58)78(55-32-24-50(25-33-55)72(3,4)5)56-34-26-51(27-35-56)73(6,7)8/h18-46H,1-17H3. The summed E-state index contributed by atoms with van der Waals surface area (Å²) in [5.74, 6) is 0. The lowest BCUT2D eigenvalue weighted by atomic mass is 9.33. The molecule has 1 aromatic heterocycles. The third-order valence-corrected chi connectivity index (χ3v) is 17.4. The summed E-state index contributed by atoms with van der Waals surface area (Å²) in [6.45, 7) is 39.1. The molecule has 0 fully saturated rings. The molecule has 81 heavy (non-hydrogen) atoms. The first kappa shape index (κ1) is 53.9. The summed E-state index contributed by atoms with van der Waals surface area (Å²) < 4.78 is 7.15. The normalized spacial score (nSPS) is 13.7. The fourth-order valence-electron chi connectivity index (χ4n) is 12.6. The minimum Gasteiger partial charge on any atom is -0.456 e. The van der Waals surface area contributed by atoms with Crippen molar-refractivity contribution in [2.24, 2.45) is 0 Å². The Morgan fingerprint density at radius 3 is 1.35 bits per heavy atom. The van der Waals surface area contributed by atoms with Crippen LogP contribution in [0, 0.1) is 13.8 Å². The Labute approximate surface area is 483 Å². The van der Waals surface area contributed by atoms with Gasteiger partial charge in [-0.3, -0.25) is 0 Å². The average molecular weight is 1060 g/mol. The van der Waals surface area contributed by atoms with Crippen molar-refractivity contribution >= 4 is 96.2 Å². The van der Waals surface area contributed by atoms with E-state index in [4.69, 9.17) is 4.42 Å². The third-order valence-electron chi connectivity index (χ3n) is 17.4. The van der Waals surface area contributed by atoms with Crippen molar-refractivity contribution in [1.29, 1.82) is 0 Å². The highest BCUT2D eigenvalue weighted by molar-refractivity contribution is 7.00. The lowest BCUT2D eigenvalue weighted by Gasteiger charge is -2.45. The van der Waals surface area contributed by atoms with Crippen LogP contribution in [0.25, 0.3) is 33.1 Å². The predicted octanol–water partition coefficient (Wildman–Crippen LogP) is 19.9. The van der Waals surface area contributed by atoms with E-state index in [0.717, 1.165) is 61.8 Å². The first-order chi connectivity index (χ1) is 38.1. The number of furan rings is 1. The summed E-state index contributed by atoms with van der Waals surface area (Å²) in [7, 11) is 0. The number of hydrogen-bond donors (Lipinski definition) is 0. The zero-order valence-electron chi connectivity index (χ0n) is 51.1. The Morgan fingerprint density at radius 2 is 0.852 bits per heavy atom. The molecule has 0 aliphatic carbocycles. The van der Waals surface area contributed by atoms with Gasteiger partial charge in [-0.2, -0.15) is 0 Å². The molecule has 0 radical (unpaired) electrons. The van der Waals surface area contributed by atoms with Crippen molar-refractivity contribution in [2.45, 2.75) is 145 Å². The Kier molecular flexibility index (Phi) is 12.6. The molecule has 12 rings (SSSR count). The Bertz CT molecular complexity index is 4030. The lowest BCUT2D eigenvalue weighted by molar-refractivity contribution is 0.590. The third kappa shape index (κ3) is 9.45. The second kappa shape index (κ2) is 18.9. The van der Waals surface area contributed by atoms with Crippen LogP contribution in [-0.4, -0.2) is 6.71 Å². The molecule has 3 heterocycles. The summed E-state index contributed by atoms with van der Waals surface area (Å²) in [5.41, 5.74) is 26.9. The first-order valence-corrected chi connectivity index (χ1v) is 29.4. The van der Waals surface area contributed by atoms with Crippen LogP contribution in [0.1, 0.15) is 143 Å². The van der Waals surface area contributed by atoms with Crippen molar-refractivity contribution in [2.75, 3.05) is 14.7 Å². The molecule has 0 atom stereocenters. The van der Waals surface area contributed by atoms with Crippen LogP contribution in [0.4, 0.5) is 51.2 Å². The number of nitrogens with zero attached hydrogens (tertiary/aromatic N) is 3. The molecule has 408 valence electrons. The van der Waals surface area contributed by atoms with Gasteiger partial charge in [-0.05, 0) is 175 Å². The van der Waals surface area contributed by atoms with Gasteiger partial charge in [0, 0.05) is 51.3 Å². The van der Waals surface area contributed by atoms with E-state index in [1.165, 1.54) is 77.8 Å². The molecule has 0 unspecified atom stereocenters. The largest absolute Gasteiger partial charge is 0.456 e. The molecule has 0 N–H and O–H groups in total. The molecule has 0 bridgehead atoms. The van der Waals surface area contributed by atoms with Crippen LogP contribution < -0.4 is 31.1 Å². The molecule has 2 aliphatic heterocycles. The van der Waals surface area contributed by atoms with Crippen LogP contribution in [-0.2, 0) is 27.1 Å². The van der Waals surface area contributed by atoms with Crippen LogP contribution in [0.2, 0.25) is 0 Å². The van der Waals surface area contributed by atoms with E-state index >= 15 is 0 Å². The summed E-state index contributed by atoms with van der Waals surface area (Å²) in [6, 6.07) is 67.8. The lowest BCUT2D eigenvalue weighted by Crippen LogP contribution is -2.61. The molecular weight excluding hydrogens is 982 g/mol. The van der Waals surface area contributed by atoms with Gasteiger partial charge >= 0.3 is 0 Å². The summed E-state index contributed by atoms with van der Waals surface area (Å²) in [6.07, 6.45) is 0. The van der Waals surface area contributed by atoms with Crippen LogP contribution in [0.5, 0.6) is 0 Å². The molecule has 0 amide bonds. The highest BCUT2D eigenvalue weighted by Gasteiger charge is 2.45. The maximum absolute atomic E-state index is 7.15. The van der Waals surface area contributed by atoms with E-state index in [-0.39, 0.29) is 33.8 Å². The Hall–Kier alpha value is -7.76. The fourth-order valence-corrected chi connectivity index (χ4v) is 12.6. The summed E-state index contributed by atoms with van der Waals surface area (Å²) >= 11 is 0. The quantitative estimate of drug-likeness (QED) is 0.155. The van der Waals surface area contributed by atoms with E-state index in [1.54, 1.807) is 0 Å². The number of rotatable bonds is 6. The number of para-hydroxylation sites is 1. The minimum atomic E-state index is -0.104. The highest BCUT2D eigenvalue weighted by atomic mass is 16.3. The van der Waals surface area contributed by atoms with Crippen molar-refractivity contribution in [3.63, 3.8) is 0 Å². The molecule has 9 aromatic carbocycles. The summed E-state index contributed by atoms with van der Waals surface area (Å²) in [5, 5.41) is 2.16. The van der Waals surface area contributed by atoms with E-state index in [1.807, 2.05) is 0 Å². The van der Waals surface area contributed by atoms with Crippen LogP contribution in [0.15, 0.2) is 180 Å². The molecule has 10 aromatic rings. The van der Waals surface area contributed by atoms with Gasteiger partial charge in [-0.1, -0.05) is 206 Å². The predicted molar refractivity (Wildman–Crippen MR) is 351 cm³/mol. The zero-order chi connectivity index (χ0) is 57.5. The van der Waals surface area contributed by atoms with Gasteiger partial charge in [0.1, 0.15) is 11.2 Å². The monoisotopic (exact) mass is 1060 g/mol. The van der Waals surface area contributed by atoms with Gasteiger partial charge < -0.3 is 19.1 Å². The van der Waals surface area contributed by atoms with Gasteiger partial charge in [-0.15, -0.1) is 0 Å². The van der Waals surface area contributed by atoms with Crippen molar-refractivity contribution in [1.82, 2.24) is 0 Å². The second-order valence-electron chi connectivity index (χ2n) is 28.6. The first-order valence-electron chi connectivity index (χ1n) is 29.4. The van der Waals surface area contributed by atoms with Gasteiger partial charge in [0.05, 0.1) is 16.8 Å². The number of aryl methyl sites for hydroxylation is 2. The van der Waals surface area contributed by atoms with Crippen LogP contribution >= 0.6 is 0 Å². The van der Waals surface area contributed by atoms with Gasteiger partial charge in [0.25, 0.3) is 6.71 Å². The molecule has 4 nitrogen and oxygen atoms in total. The van der Waals surface area contributed by atoms with Gasteiger partial charge in [0.15, 0.2) is 0 Å². The molecule has 0 spiro atoms. The van der Waals surface area contributed by atoms with E-state index in [9.17, 15) is 0 Å². The Balaban J connectivity index is 1.22. The molecular formula is C76H80BN3O. The van der Waals surface area contributed by atoms with Crippen molar-refractivity contribution < 1.29 is 4.42 Å². The molecule has 0 saturated carbocycles. The van der Waals surface area contributed by atoms with Gasteiger partial charge in [-0.25, -0.2) is 0 Å². The zero-order valence-corrected chi connectivity index (χ0v) is 51.1.